The number of methoxy groups -OCH3 is 1. The summed E-state index contributed by atoms with van der Waals surface area (Å²) < 4.78 is 5.39. The zero-order valence-corrected chi connectivity index (χ0v) is 11.8. The van der Waals surface area contributed by atoms with Crippen molar-refractivity contribution in [1.29, 1.82) is 0 Å². The maximum absolute atomic E-state index is 5.81. The molecule has 1 aromatic heterocycles. The molecule has 4 nitrogen and oxygen atoms in total. The van der Waals surface area contributed by atoms with Crippen LogP contribution in [-0.2, 0) is 0 Å². The van der Waals surface area contributed by atoms with Crippen LogP contribution in [0.25, 0.3) is 10.8 Å². The third-order valence-corrected chi connectivity index (χ3v) is 3.25. The summed E-state index contributed by atoms with van der Waals surface area (Å²) >= 11 is 0. The van der Waals surface area contributed by atoms with E-state index in [0.29, 0.717) is 0 Å². The van der Waals surface area contributed by atoms with Crippen LogP contribution >= 0.6 is 0 Å². The average molecular weight is 259 g/mol. The number of rotatable bonds is 5. The van der Waals surface area contributed by atoms with Crippen molar-refractivity contribution in [3.63, 3.8) is 0 Å². The van der Waals surface area contributed by atoms with E-state index >= 15 is 0 Å². The number of hydrogen-bond acceptors (Lipinski definition) is 4. The van der Waals surface area contributed by atoms with Crippen molar-refractivity contribution in [2.75, 3.05) is 25.6 Å². The van der Waals surface area contributed by atoms with Gasteiger partial charge in [-0.2, -0.15) is 0 Å². The van der Waals surface area contributed by atoms with Gasteiger partial charge in [-0.05, 0) is 25.5 Å². The number of fused-ring (bicyclic) bond motifs is 1. The minimum Gasteiger partial charge on any atom is -0.496 e. The Hall–Kier alpha value is -1.81. The number of anilines is 1. The van der Waals surface area contributed by atoms with E-state index in [1.165, 1.54) is 0 Å². The molecule has 0 saturated heterocycles. The van der Waals surface area contributed by atoms with E-state index < -0.39 is 0 Å². The Balaban J connectivity index is 2.38. The predicted molar refractivity (Wildman–Crippen MR) is 79.8 cm³/mol. The normalized spacial score (nSPS) is 12.4. The number of hydrogen-bond donors (Lipinski definition) is 1. The molecular weight excluding hydrogens is 238 g/mol. The Morgan fingerprint density at radius 1 is 1.32 bits per heavy atom. The smallest absolute Gasteiger partial charge is 0.136 e. The monoisotopic (exact) mass is 259 g/mol. The van der Waals surface area contributed by atoms with Gasteiger partial charge in [-0.1, -0.05) is 12.1 Å². The maximum Gasteiger partial charge on any atom is 0.136 e. The van der Waals surface area contributed by atoms with Gasteiger partial charge in [0.05, 0.1) is 7.11 Å². The quantitative estimate of drug-likeness (QED) is 0.896. The van der Waals surface area contributed by atoms with E-state index in [2.05, 4.69) is 16.0 Å². The Bertz CT molecular complexity index is 554. The molecule has 19 heavy (non-hydrogen) atoms. The Labute approximate surface area is 114 Å². The first kappa shape index (κ1) is 13.6. The molecule has 102 valence electrons. The highest BCUT2D eigenvalue weighted by Gasteiger charge is 2.10. The van der Waals surface area contributed by atoms with Crippen LogP contribution < -0.4 is 15.4 Å². The summed E-state index contributed by atoms with van der Waals surface area (Å²) in [4.78, 5) is 6.63. The van der Waals surface area contributed by atoms with Crippen molar-refractivity contribution in [2.45, 2.75) is 19.4 Å². The lowest BCUT2D eigenvalue weighted by Crippen LogP contribution is -2.26. The van der Waals surface area contributed by atoms with Crippen LogP contribution in [0.2, 0.25) is 0 Å². The Morgan fingerprint density at radius 3 is 2.79 bits per heavy atom. The molecule has 0 aliphatic carbocycles. The molecule has 0 aliphatic heterocycles. The summed E-state index contributed by atoms with van der Waals surface area (Å²) in [5.41, 5.74) is 5.81. The van der Waals surface area contributed by atoms with Gasteiger partial charge >= 0.3 is 0 Å². The zero-order chi connectivity index (χ0) is 13.8. The summed E-state index contributed by atoms with van der Waals surface area (Å²) in [6, 6.07) is 8.21. The van der Waals surface area contributed by atoms with Gasteiger partial charge in [0.2, 0.25) is 0 Å². The Morgan fingerprint density at radius 2 is 2.11 bits per heavy atom. The molecular formula is C15H21N3O. The standard InChI is InChI=1S/C15H21N3O/c1-11(16)8-10-18(2)15-13-5-4-6-14(19-3)12(13)7-9-17-15/h4-7,9,11H,8,10,16H2,1-3H3. The number of pyridine rings is 1. The molecule has 1 aromatic carbocycles. The highest BCUT2D eigenvalue weighted by atomic mass is 16.5. The van der Waals surface area contributed by atoms with Crippen LogP contribution in [0.5, 0.6) is 5.75 Å². The van der Waals surface area contributed by atoms with Crippen molar-refractivity contribution in [1.82, 2.24) is 4.98 Å². The topological polar surface area (TPSA) is 51.4 Å². The fourth-order valence-electron chi connectivity index (χ4n) is 2.15. The van der Waals surface area contributed by atoms with Gasteiger partial charge in [0, 0.05) is 36.6 Å². The summed E-state index contributed by atoms with van der Waals surface area (Å²) in [5.74, 6) is 1.85. The van der Waals surface area contributed by atoms with Gasteiger partial charge in [0.15, 0.2) is 0 Å². The molecule has 0 saturated carbocycles. The third-order valence-electron chi connectivity index (χ3n) is 3.25. The lowest BCUT2D eigenvalue weighted by Gasteiger charge is -2.21. The van der Waals surface area contributed by atoms with Gasteiger partial charge in [-0.3, -0.25) is 0 Å². The van der Waals surface area contributed by atoms with E-state index in [4.69, 9.17) is 10.5 Å². The van der Waals surface area contributed by atoms with E-state index in [0.717, 1.165) is 35.3 Å². The molecule has 2 aromatic rings. The van der Waals surface area contributed by atoms with Crippen LogP contribution in [0, 0.1) is 0 Å². The molecule has 1 unspecified atom stereocenters. The molecule has 2 rings (SSSR count). The molecule has 0 bridgehead atoms. The molecule has 2 N–H and O–H groups in total. The van der Waals surface area contributed by atoms with Crippen molar-refractivity contribution in [3.8, 4) is 5.75 Å². The molecule has 4 heteroatoms. The fraction of sp³-hybridized carbons (Fsp3) is 0.400. The fourth-order valence-corrected chi connectivity index (χ4v) is 2.15. The Kier molecular flexibility index (Phi) is 4.22. The second-order valence-electron chi connectivity index (χ2n) is 4.88. The average Bonchev–Trinajstić information content (AvgIpc) is 2.43. The highest BCUT2D eigenvalue weighted by molar-refractivity contribution is 5.96. The first-order chi connectivity index (χ1) is 9.13. The summed E-state index contributed by atoms with van der Waals surface area (Å²) in [6.45, 7) is 2.91. The molecule has 1 heterocycles. The number of benzene rings is 1. The minimum absolute atomic E-state index is 0.201. The van der Waals surface area contributed by atoms with E-state index in [1.807, 2.05) is 38.4 Å². The number of nitrogens with zero attached hydrogens (tertiary/aromatic N) is 2. The highest BCUT2D eigenvalue weighted by Crippen LogP contribution is 2.30. The SMILES string of the molecule is COc1cccc2c(N(C)CCC(C)N)nccc12. The van der Waals surface area contributed by atoms with E-state index in [-0.39, 0.29) is 6.04 Å². The van der Waals surface area contributed by atoms with Crippen molar-refractivity contribution in [3.05, 3.63) is 30.5 Å². The first-order valence-electron chi connectivity index (χ1n) is 6.52. The van der Waals surface area contributed by atoms with Crippen LogP contribution in [-0.4, -0.2) is 31.7 Å². The van der Waals surface area contributed by atoms with E-state index in [1.54, 1.807) is 7.11 Å². The zero-order valence-electron chi connectivity index (χ0n) is 11.8. The lowest BCUT2D eigenvalue weighted by molar-refractivity contribution is 0.420. The molecule has 0 spiro atoms. The second kappa shape index (κ2) is 5.89. The number of nitrogens with two attached hydrogens (primary N) is 1. The second-order valence-corrected chi connectivity index (χ2v) is 4.88. The third kappa shape index (κ3) is 2.96. The van der Waals surface area contributed by atoms with Crippen LogP contribution in [0.3, 0.4) is 0 Å². The summed E-state index contributed by atoms with van der Waals surface area (Å²) in [6.07, 6.45) is 2.76. The number of ether oxygens (including phenoxy) is 1. The van der Waals surface area contributed by atoms with Gasteiger partial charge in [-0.15, -0.1) is 0 Å². The van der Waals surface area contributed by atoms with Crippen molar-refractivity contribution >= 4 is 16.6 Å². The van der Waals surface area contributed by atoms with Crippen molar-refractivity contribution < 1.29 is 4.74 Å². The summed E-state index contributed by atoms with van der Waals surface area (Å²) in [7, 11) is 3.73. The van der Waals surface area contributed by atoms with Crippen molar-refractivity contribution in [2.24, 2.45) is 5.73 Å². The van der Waals surface area contributed by atoms with Gasteiger partial charge in [0.25, 0.3) is 0 Å². The first-order valence-corrected chi connectivity index (χ1v) is 6.52. The van der Waals surface area contributed by atoms with Crippen LogP contribution in [0.4, 0.5) is 5.82 Å². The summed E-state index contributed by atoms with van der Waals surface area (Å²) in [5, 5.41) is 2.19. The van der Waals surface area contributed by atoms with Gasteiger partial charge in [-0.25, -0.2) is 4.98 Å². The maximum atomic E-state index is 5.81. The van der Waals surface area contributed by atoms with Crippen LogP contribution in [0.15, 0.2) is 30.5 Å². The number of aromatic nitrogens is 1. The largest absolute Gasteiger partial charge is 0.496 e. The molecule has 0 amide bonds. The van der Waals surface area contributed by atoms with Gasteiger partial charge in [0.1, 0.15) is 11.6 Å². The van der Waals surface area contributed by atoms with Crippen LogP contribution in [0.1, 0.15) is 13.3 Å². The van der Waals surface area contributed by atoms with Gasteiger partial charge < -0.3 is 15.4 Å². The minimum atomic E-state index is 0.201. The molecule has 0 aliphatic rings. The van der Waals surface area contributed by atoms with E-state index in [9.17, 15) is 0 Å². The predicted octanol–water partition coefficient (Wildman–Crippen LogP) is 2.42. The molecule has 0 fully saturated rings. The lowest BCUT2D eigenvalue weighted by atomic mass is 10.1. The molecule has 1 atom stereocenters. The molecule has 0 radical (unpaired) electrons.